The highest BCUT2D eigenvalue weighted by molar-refractivity contribution is 6.03. The molecule has 31 heavy (non-hydrogen) atoms. The number of rotatable bonds is 4. The smallest absolute Gasteiger partial charge is 0.416 e. The van der Waals surface area contributed by atoms with Gasteiger partial charge in [0.25, 0.3) is 0 Å². The zero-order valence-corrected chi connectivity index (χ0v) is 16.1. The quantitative estimate of drug-likeness (QED) is 0.565. The number of halogens is 4. The molecule has 0 unspecified atom stereocenters. The fraction of sp³-hybridized carbons (Fsp3) is 0.250. The molecule has 11 heteroatoms. The van der Waals surface area contributed by atoms with Crippen LogP contribution in [0.3, 0.4) is 0 Å². The van der Waals surface area contributed by atoms with Crippen molar-refractivity contribution in [3.8, 4) is 0 Å². The van der Waals surface area contributed by atoms with Crippen LogP contribution in [0.4, 0.5) is 28.0 Å². The van der Waals surface area contributed by atoms with Crippen molar-refractivity contribution in [2.45, 2.75) is 25.2 Å². The molecule has 0 saturated heterocycles. The standard InChI is InChI=1S/C20H17F4N3O4/c1-31-18(29)11-3-2-10-7-15(26-19(25)30)17(28)27(16(10)8-11)9-12-6-13(20(22,23)24)4-5-14(12)21/h2-6,8,15H,7,9H2,1H3,(H3,25,26,30)/t15-/m1/s1. The van der Waals surface area contributed by atoms with Gasteiger partial charge in [0.05, 0.1) is 24.8 Å². The van der Waals surface area contributed by atoms with Crippen molar-refractivity contribution in [3.05, 3.63) is 64.5 Å². The number of benzene rings is 2. The number of nitrogens with two attached hydrogens (primary N) is 1. The minimum Gasteiger partial charge on any atom is -0.465 e. The number of amides is 3. The number of esters is 1. The number of alkyl halides is 3. The van der Waals surface area contributed by atoms with Crippen LogP contribution in [0.15, 0.2) is 36.4 Å². The second-order valence-electron chi connectivity index (χ2n) is 6.83. The minimum absolute atomic E-state index is 0.0279. The fourth-order valence-corrected chi connectivity index (χ4v) is 3.34. The van der Waals surface area contributed by atoms with E-state index in [1.807, 2.05) is 0 Å². The van der Waals surface area contributed by atoms with Crippen LogP contribution in [0, 0.1) is 5.82 Å². The van der Waals surface area contributed by atoms with E-state index in [-0.39, 0.29) is 17.7 Å². The minimum atomic E-state index is -4.71. The van der Waals surface area contributed by atoms with Crippen molar-refractivity contribution < 1.29 is 36.7 Å². The van der Waals surface area contributed by atoms with Crippen molar-refractivity contribution in [2.75, 3.05) is 12.0 Å². The molecule has 164 valence electrons. The van der Waals surface area contributed by atoms with Gasteiger partial charge in [0.1, 0.15) is 11.9 Å². The summed E-state index contributed by atoms with van der Waals surface area (Å²) in [6.07, 6.45) is -4.68. The molecule has 1 heterocycles. The lowest BCUT2D eigenvalue weighted by molar-refractivity contribution is -0.137. The van der Waals surface area contributed by atoms with Crippen LogP contribution in [0.2, 0.25) is 0 Å². The van der Waals surface area contributed by atoms with Crippen LogP contribution in [0.5, 0.6) is 0 Å². The maximum atomic E-state index is 14.3. The number of nitrogens with one attached hydrogen (secondary N) is 1. The highest BCUT2D eigenvalue weighted by atomic mass is 19.4. The predicted molar refractivity (Wildman–Crippen MR) is 101 cm³/mol. The molecule has 1 atom stereocenters. The molecule has 0 saturated carbocycles. The molecule has 1 aliphatic rings. The van der Waals surface area contributed by atoms with E-state index in [4.69, 9.17) is 5.73 Å². The first-order valence-corrected chi connectivity index (χ1v) is 8.95. The summed E-state index contributed by atoms with van der Waals surface area (Å²) in [5, 5.41) is 2.27. The summed E-state index contributed by atoms with van der Waals surface area (Å²) in [5.41, 5.74) is 4.41. The first kappa shape index (κ1) is 22.1. The van der Waals surface area contributed by atoms with Gasteiger partial charge in [-0.3, -0.25) is 4.79 Å². The third kappa shape index (κ3) is 4.60. The molecule has 0 bridgehead atoms. The molecule has 2 aromatic rings. The summed E-state index contributed by atoms with van der Waals surface area (Å²) in [6, 6.07) is 4.06. The summed E-state index contributed by atoms with van der Waals surface area (Å²) < 4.78 is 58.2. The molecule has 3 amide bonds. The van der Waals surface area contributed by atoms with Crippen LogP contribution < -0.4 is 16.0 Å². The maximum Gasteiger partial charge on any atom is 0.416 e. The van der Waals surface area contributed by atoms with Gasteiger partial charge in [0, 0.05) is 17.7 Å². The van der Waals surface area contributed by atoms with Crippen molar-refractivity contribution in [1.29, 1.82) is 0 Å². The molecule has 0 radical (unpaired) electrons. The Bertz CT molecular complexity index is 1060. The van der Waals surface area contributed by atoms with E-state index in [0.29, 0.717) is 23.8 Å². The van der Waals surface area contributed by atoms with E-state index in [2.05, 4.69) is 10.1 Å². The Hall–Kier alpha value is -3.63. The predicted octanol–water partition coefficient (Wildman–Crippen LogP) is 2.76. The van der Waals surface area contributed by atoms with Gasteiger partial charge in [-0.15, -0.1) is 0 Å². The van der Waals surface area contributed by atoms with Gasteiger partial charge in [-0.2, -0.15) is 13.2 Å². The van der Waals surface area contributed by atoms with Gasteiger partial charge in [0.15, 0.2) is 0 Å². The molecule has 3 rings (SSSR count). The Morgan fingerprint density at radius 1 is 1.23 bits per heavy atom. The molecular weight excluding hydrogens is 422 g/mol. The topological polar surface area (TPSA) is 102 Å². The number of fused-ring (bicyclic) bond motifs is 1. The van der Waals surface area contributed by atoms with Gasteiger partial charge >= 0.3 is 18.2 Å². The Labute approximate surface area is 173 Å². The third-order valence-electron chi connectivity index (χ3n) is 4.80. The number of ether oxygens (including phenoxy) is 1. The first-order valence-electron chi connectivity index (χ1n) is 8.95. The number of nitrogens with zero attached hydrogens (tertiary/aromatic N) is 1. The summed E-state index contributed by atoms with van der Waals surface area (Å²) in [4.78, 5) is 37.1. The van der Waals surface area contributed by atoms with Crippen LogP contribution in [0.1, 0.15) is 27.0 Å². The SMILES string of the molecule is COC(=O)c1ccc2c(c1)N(Cc1cc(C(F)(F)F)ccc1F)C(=O)[C@H](NC(N)=O)C2. The van der Waals surface area contributed by atoms with E-state index in [9.17, 15) is 31.9 Å². The number of carbonyl (C=O) groups excluding carboxylic acids is 3. The molecule has 3 N–H and O–H groups in total. The summed E-state index contributed by atoms with van der Waals surface area (Å²) in [6.45, 7) is -0.566. The lowest BCUT2D eigenvalue weighted by atomic mass is 9.94. The fourth-order valence-electron chi connectivity index (χ4n) is 3.34. The normalized spacial score (nSPS) is 16.0. The molecule has 0 spiro atoms. The van der Waals surface area contributed by atoms with E-state index < -0.39 is 53.6 Å². The van der Waals surface area contributed by atoms with Gasteiger partial charge in [-0.1, -0.05) is 6.07 Å². The summed E-state index contributed by atoms with van der Waals surface area (Å²) in [7, 11) is 1.16. The Morgan fingerprint density at radius 2 is 1.94 bits per heavy atom. The van der Waals surface area contributed by atoms with E-state index in [1.54, 1.807) is 0 Å². The Morgan fingerprint density at radius 3 is 2.55 bits per heavy atom. The molecular formula is C20H17F4N3O4. The average molecular weight is 439 g/mol. The summed E-state index contributed by atoms with van der Waals surface area (Å²) in [5.74, 6) is -2.36. The van der Waals surface area contributed by atoms with Gasteiger partial charge in [0.2, 0.25) is 5.91 Å². The van der Waals surface area contributed by atoms with Gasteiger partial charge < -0.3 is 20.7 Å². The number of hydrogen-bond acceptors (Lipinski definition) is 4. The number of carbonyl (C=O) groups is 3. The van der Waals surface area contributed by atoms with Crippen molar-refractivity contribution >= 4 is 23.6 Å². The summed E-state index contributed by atoms with van der Waals surface area (Å²) >= 11 is 0. The zero-order chi connectivity index (χ0) is 22.9. The Balaban J connectivity index is 2.08. The third-order valence-corrected chi connectivity index (χ3v) is 4.80. The van der Waals surface area contributed by atoms with Crippen LogP contribution in [-0.2, 0) is 28.7 Å². The van der Waals surface area contributed by atoms with Crippen LogP contribution in [-0.4, -0.2) is 31.1 Å². The van der Waals surface area contributed by atoms with Crippen molar-refractivity contribution in [1.82, 2.24) is 5.32 Å². The lowest BCUT2D eigenvalue weighted by Crippen LogP contribution is -2.53. The van der Waals surface area contributed by atoms with E-state index in [0.717, 1.165) is 12.0 Å². The highest BCUT2D eigenvalue weighted by Crippen LogP contribution is 2.34. The first-order chi connectivity index (χ1) is 14.5. The van der Waals surface area contributed by atoms with Gasteiger partial charge in [-0.25, -0.2) is 14.0 Å². The molecule has 1 aliphatic heterocycles. The lowest BCUT2D eigenvalue weighted by Gasteiger charge is -2.34. The molecule has 7 nitrogen and oxygen atoms in total. The number of hydrogen-bond donors (Lipinski definition) is 2. The second-order valence-corrected chi connectivity index (χ2v) is 6.83. The highest BCUT2D eigenvalue weighted by Gasteiger charge is 2.36. The zero-order valence-electron chi connectivity index (χ0n) is 16.1. The van der Waals surface area contributed by atoms with Crippen LogP contribution >= 0.6 is 0 Å². The molecule has 0 aliphatic carbocycles. The number of anilines is 1. The molecule has 2 aromatic carbocycles. The average Bonchev–Trinajstić information content (AvgIpc) is 2.70. The second kappa shape index (κ2) is 8.25. The Kier molecular flexibility index (Phi) is 5.87. The van der Waals surface area contributed by atoms with E-state index >= 15 is 0 Å². The molecule has 0 fully saturated rings. The number of urea groups is 1. The monoisotopic (exact) mass is 439 g/mol. The van der Waals surface area contributed by atoms with Crippen molar-refractivity contribution in [3.63, 3.8) is 0 Å². The largest absolute Gasteiger partial charge is 0.465 e. The molecule has 0 aromatic heterocycles. The van der Waals surface area contributed by atoms with Crippen molar-refractivity contribution in [2.24, 2.45) is 5.73 Å². The maximum absolute atomic E-state index is 14.3. The van der Waals surface area contributed by atoms with Crippen LogP contribution in [0.25, 0.3) is 0 Å². The number of primary amides is 1. The van der Waals surface area contributed by atoms with Gasteiger partial charge in [-0.05, 0) is 35.9 Å². The number of methoxy groups -OCH3 is 1. The van der Waals surface area contributed by atoms with E-state index in [1.165, 1.54) is 18.2 Å².